The zero-order valence-corrected chi connectivity index (χ0v) is 10.6. The summed E-state index contributed by atoms with van der Waals surface area (Å²) in [7, 11) is 0. The molecule has 0 spiro atoms. The number of aromatic carboxylic acids is 1. The zero-order chi connectivity index (χ0) is 14.2. The highest BCUT2D eigenvalue weighted by Crippen LogP contribution is 2.31. The van der Waals surface area contributed by atoms with Crippen LogP contribution in [0.15, 0.2) is 30.3 Å². The van der Waals surface area contributed by atoms with E-state index < -0.39 is 17.6 Å². The van der Waals surface area contributed by atoms with Crippen LogP contribution in [0.4, 0.5) is 8.78 Å². The predicted molar refractivity (Wildman–Crippen MR) is 68.5 cm³/mol. The minimum absolute atomic E-state index is 0.0286. The van der Waals surface area contributed by atoms with Gasteiger partial charge < -0.3 is 5.11 Å². The van der Waals surface area contributed by atoms with Gasteiger partial charge in [-0.2, -0.15) is 0 Å². The molecule has 5 heteroatoms. The summed E-state index contributed by atoms with van der Waals surface area (Å²) in [6.07, 6.45) is 0. The van der Waals surface area contributed by atoms with Crippen LogP contribution in [0.5, 0.6) is 0 Å². The molecule has 98 valence electrons. The van der Waals surface area contributed by atoms with Crippen molar-refractivity contribution < 1.29 is 18.7 Å². The van der Waals surface area contributed by atoms with Crippen molar-refractivity contribution in [1.29, 1.82) is 0 Å². The Morgan fingerprint density at radius 3 is 2.37 bits per heavy atom. The number of hydrogen-bond acceptors (Lipinski definition) is 1. The van der Waals surface area contributed by atoms with Crippen molar-refractivity contribution in [1.82, 2.24) is 0 Å². The van der Waals surface area contributed by atoms with Crippen molar-refractivity contribution >= 4 is 17.6 Å². The van der Waals surface area contributed by atoms with Crippen molar-refractivity contribution in [3.05, 3.63) is 58.1 Å². The van der Waals surface area contributed by atoms with Gasteiger partial charge in [0.15, 0.2) is 11.6 Å². The molecule has 1 N–H and O–H groups in total. The van der Waals surface area contributed by atoms with Crippen LogP contribution in [-0.4, -0.2) is 11.1 Å². The molecule has 2 aromatic carbocycles. The van der Waals surface area contributed by atoms with Gasteiger partial charge in [0.05, 0.1) is 10.6 Å². The lowest BCUT2D eigenvalue weighted by Gasteiger charge is -2.08. The number of aryl methyl sites for hydroxylation is 1. The van der Waals surface area contributed by atoms with Crippen LogP contribution in [0.3, 0.4) is 0 Å². The summed E-state index contributed by atoms with van der Waals surface area (Å²) in [5.74, 6) is -3.17. The Kier molecular flexibility index (Phi) is 3.53. The van der Waals surface area contributed by atoms with Crippen LogP contribution in [0, 0.1) is 18.6 Å². The number of carboxylic acids is 1. The molecule has 0 fully saturated rings. The van der Waals surface area contributed by atoms with Crippen molar-refractivity contribution in [2.75, 3.05) is 0 Å². The molecule has 0 aliphatic heterocycles. The van der Waals surface area contributed by atoms with Gasteiger partial charge in [-0.3, -0.25) is 0 Å². The van der Waals surface area contributed by atoms with Gasteiger partial charge in [0.1, 0.15) is 0 Å². The molecule has 0 bridgehead atoms. The van der Waals surface area contributed by atoms with Gasteiger partial charge in [-0.15, -0.1) is 0 Å². The maximum atomic E-state index is 13.3. The largest absolute Gasteiger partial charge is 0.478 e. The summed E-state index contributed by atoms with van der Waals surface area (Å²) < 4.78 is 26.3. The lowest BCUT2D eigenvalue weighted by atomic mass is 10.00. The monoisotopic (exact) mass is 282 g/mol. The molecule has 0 unspecified atom stereocenters. The lowest BCUT2D eigenvalue weighted by molar-refractivity contribution is 0.0697. The number of carbonyl (C=O) groups is 1. The Balaban J connectivity index is 2.65. The Labute approximate surface area is 113 Å². The van der Waals surface area contributed by atoms with E-state index in [0.717, 1.165) is 12.1 Å². The summed E-state index contributed by atoms with van der Waals surface area (Å²) in [4.78, 5) is 11.0. The normalized spacial score (nSPS) is 10.5. The minimum Gasteiger partial charge on any atom is -0.478 e. The molecule has 0 radical (unpaired) electrons. The van der Waals surface area contributed by atoms with E-state index in [2.05, 4.69) is 0 Å². The van der Waals surface area contributed by atoms with Crippen molar-refractivity contribution in [2.24, 2.45) is 0 Å². The second-order valence-corrected chi connectivity index (χ2v) is 4.55. The summed E-state index contributed by atoms with van der Waals surface area (Å²) in [5, 5.41) is 9.01. The molecule has 0 aliphatic rings. The molecule has 19 heavy (non-hydrogen) atoms. The Bertz CT molecular complexity index is 669. The SMILES string of the molecule is Cc1cc(C(=O)O)cc(-c2cc(F)c(F)cc2Cl)c1. The molecule has 2 aromatic rings. The third-order valence-electron chi connectivity index (χ3n) is 2.65. The third-order valence-corrected chi connectivity index (χ3v) is 2.96. The number of rotatable bonds is 2. The zero-order valence-electron chi connectivity index (χ0n) is 9.88. The Morgan fingerprint density at radius 2 is 1.74 bits per heavy atom. The van der Waals surface area contributed by atoms with Crippen LogP contribution in [0.25, 0.3) is 11.1 Å². The van der Waals surface area contributed by atoms with E-state index in [1.165, 1.54) is 12.1 Å². The number of halogens is 3. The first kappa shape index (κ1) is 13.5. The molecule has 0 heterocycles. The van der Waals surface area contributed by atoms with Gasteiger partial charge in [0.25, 0.3) is 0 Å². The summed E-state index contributed by atoms with van der Waals surface area (Å²) in [5.41, 5.74) is 1.44. The summed E-state index contributed by atoms with van der Waals surface area (Å²) in [6.45, 7) is 1.71. The summed E-state index contributed by atoms with van der Waals surface area (Å²) >= 11 is 5.87. The van der Waals surface area contributed by atoms with Crippen LogP contribution in [0.1, 0.15) is 15.9 Å². The molecule has 0 amide bonds. The highest BCUT2D eigenvalue weighted by atomic mass is 35.5. The molecule has 0 saturated carbocycles. The van der Waals surface area contributed by atoms with E-state index in [-0.39, 0.29) is 16.1 Å². The second kappa shape index (κ2) is 4.97. The van der Waals surface area contributed by atoms with Gasteiger partial charge >= 0.3 is 5.97 Å². The molecule has 2 nitrogen and oxygen atoms in total. The maximum Gasteiger partial charge on any atom is 0.335 e. The van der Waals surface area contributed by atoms with Gasteiger partial charge in [-0.1, -0.05) is 17.7 Å². The molecule has 0 aromatic heterocycles. The minimum atomic E-state index is -1.09. The highest BCUT2D eigenvalue weighted by Gasteiger charge is 2.13. The Hall–Kier alpha value is -1.94. The summed E-state index contributed by atoms with van der Waals surface area (Å²) in [6, 6.07) is 6.34. The van der Waals surface area contributed by atoms with E-state index in [9.17, 15) is 13.6 Å². The van der Waals surface area contributed by atoms with Gasteiger partial charge in [0, 0.05) is 5.56 Å². The fourth-order valence-corrected chi connectivity index (χ4v) is 2.07. The van der Waals surface area contributed by atoms with Gasteiger partial charge in [-0.25, -0.2) is 13.6 Å². The van der Waals surface area contributed by atoms with Gasteiger partial charge in [0.2, 0.25) is 0 Å². The van der Waals surface area contributed by atoms with E-state index >= 15 is 0 Å². The van der Waals surface area contributed by atoms with Crippen molar-refractivity contribution in [3.8, 4) is 11.1 Å². The molecule has 0 atom stereocenters. The number of carboxylic acid groups (broad SMARTS) is 1. The van der Waals surface area contributed by atoms with Crippen LogP contribution in [-0.2, 0) is 0 Å². The molecule has 0 aliphatic carbocycles. The predicted octanol–water partition coefficient (Wildman–Crippen LogP) is 4.29. The van der Waals surface area contributed by atoms with Crippen molar-refractivity contribution in [3.63, 3.8) is 0 Å². The topological polar surface area (TPSA) is 37.3 Å². The fourth-order valence-electron chi connectivity index (χ4n) is 1.81. The lowest BCUT2D eigenvalue weighted by Crippen LogP contribution is -1.98. The smallest absolute Gasteiger partial charge is 0.335 e. The number of hydrogen-bond donors (Lipinski definition) is 1. The second-order valence-electron chi connectivity index (χ2n) is 4.14. The van der Waals surface area contributed by atoms with E-state index in [4.69, 9.17) is 16.7 Å². The molecular formula is C14H9ClF2O2. The first-order valence-corrected chi connectivity index (χ1v) is 5.76. The van der Waals surface area contributed by atoms with Crippen LogP contribution >= 0.6 is 11.6 Å². The van der Waals surface area contributed by atoms with E-state index in [1.807, 2.05) is 0 Å². The quantitative estimate of drug-likeness (QED) is 0.834. The standard InChI is InChI=1S/C14H9ClF2O2/c1-7-2-8(4-9(3-7)14(18)19)10-5-12(16)13(17)6-11(10)15/h2-6H,1H3,(H,18,19). The molecule has 0 saturated heterocycles. The number of benzene rings is 2. The average Bonchev–Trinajstić information content (AvgIpc) is 2.33. The van der Waals surface area contributed by atoms with Gasteiger partial charge in [-0.05, 0) is 42.3 Å². The van der Waals surface area contributed by atoms with E-state index in [1.54, 1.807) is 13.0 Å². The highest BCUT2D eigenvalue weighted by molar-refractivity contribution is 6.33. The van der Waals surface area contributed by atoms with Crippen LogP contribution < -0.4 is 0 Å². The average molecular weight is 283 g/mol. The fraction of sp³-hybridized carbons (Fsp3) is 0.0714. The van der Waals surface area contributed by atoms with Crippen molar-refractivity contribution in [2.45, 2.75) is 6.92 Å². The first-order valence-electron chi connectivity index (χ1n) is 5.38. The molecular weight excluding hydrogens is 274 g/mol. The Morgan fingerprint density at radius 1 is 1.11 bits per heavy atom. The van der Waals surface area contributed by atoms with Crippen LogP contribution in [0.2, 0.25) is 5.02 Å². The maximum absolute atomic E-state index is 13.3. The first-order chi connectivity index (χ1) is 8.88. The molecule has 2 rings (SSSR count). The third kappa shape index (κ3) is 2.74. The van der Waals surface area contributed by atoms with E-state index in [0.29, 0.717) is 11.1 Å².